The van der Waals surface area contributed by atoms with Gasteiger partial charge in [-0.3, -0.25) is 0 Å². The van der Waals surface area contributed by atoms with E-state index < -0.39 is 10.0 Å². The largest absolute Gasteiger partial charge is 0.369 e. The fourth-order valence-electron chi connectivity index (χ4n) is 3.50. The van der Waals surface area contributed by atoms with E-state index in [1.807, 2.05) is 36.4 Å². The minimum absolute atomic E-state index is 0.0937. The van der Waals surface area contributed by atoms with Crippen LogP contribution in [0, 0.1) is 6.92 Å². The highest BCUT2D eigenvalue weighted by Crippen LogP contribution is 2.18. The molecule has 1 aliphatic rings. The second-order valence-electron chi connectivity index (χ2n) is 7.46. The lowest BCUT2D eigenvalue weighted by molar-refractivity contribution is 0.241. The van der Waals surface area contributed by atoms with Gasteiger partial charge in [-0.15, -0.1) is 0 Å². The first-order valence-electron chi connectivity index (χ1n) is 10.3. The molecular weight excluding hydrogens is 400 g/mol. The van der Waals surface area contributed by atoms with Gasteiger partial charge in [0.25, 0.3) is 0 Å². The number of urea groups is 1. The number of nitrogens with zero attached hydrogens (tertiary/aromatic N) is 2. The van der Waals surface area contributed by atoms with Gasteiger partial charge in [-0.25, -0.2) is 13.2 Å². The van der Waals surface area contributed by atoms with Gasteiger partial charge < -0.3 is 15.5 Å². The predicted octanol–water partition coefficient (Wildman–Crippen LogP) is 1.99. The van der Waals surface area contributed by atoms with Crippen LogP contribution in [-0.4, -0.2) is 63.8 Å². The summed E-state index contributed by atoms with van der Waals surface area (Å²) >= 11 is 0. The van der Waals surface area contributed by atoms with E-state index >= 15 is 0 Å². The zero-order valence-electron chi connectivity index (χ0n) is 17.4. The lowest BCUT2D eigenvalue weighted by Crippen LogP contribution is -2.50. The summed E-state index contributed by atoms with van der Waals surface area (Å²) in [5.41, 5.74) is 3.46. The summed E-state index contributed by atoms with van der Waals surface area (Å²) < 4.78 is 26.7. The second kappa shape index (κ2) is 10.4. The van der Waals surface area contributed by atoms with E-state index in [2.05, 4.69) is 40.7 Å². The molecule has 0 unspecified atom stereocenters. The number of nitrogens with one attached hydrogen (secondary N) is 2. The molecule has 0 bridgehead atoms. The number of rotatable bonds is 8. The predicted molar refractivity (Wildman–Crippen MR) is 120 cm³/mol. The second-order valence-corrected chi connectivity index (χ2v) is 9.55. The van der Waals surface area contributed by atoms with Crippen molar-refractivity contribution in [3.63, 3.8) is 0 Å². The minimum atomic E-state index is -3.39. The highest BCUT2D eigenvalue weighted by molar-refractivity contribution is 7.89. The third-order valence-electron chi connectivity index (χ3n) is 5.19. The standard InChI is InChI=1S/C22H30N4O3S/c1-19-6-5-9-21(18-19)25-13-15-26(16-14-25)30(28,29)17-12-24-22(27)23-11-10-20-7-3-2-4-8-20/h2-9,18H,10-17H2,1H3,(H2,23,24,27). The molecule has 0 radical (unpaired) electrons. The van der Waals surface area contributed by atoms with Gasteiger partial charge in [-0.1, -0.05) is 42.5 Å². The maximum Gasteiger partial charge on any atom is 0.314 e. The summed E-state index contributed by atoms with van der Waals surface area (Å²) in [7, 11) is -3.39. The van der Waals surface area contributed by atoms with Crippen molar-refractivity contribution >= 4 is 21.7 Å². The van der Waals surface area contributed by atoms with Gasteiger partial charge in [0, 0.05) is 45.0 Å². The third kappa shape index (κ3) is 6.47. The molecule has 7 nitrogen and oxygen atoms in total. The van der Waals surface area contributed by atoms with Crippen molar-refractivity contribution in [1.82, 2.24) is 14.9 Å². The highest BCUT2D eigenvalue weighted by Gasteiger charge is 2.26. The first-order valence-corrected chi connectivity index (χ1v) is 11.9. The summed E-state index contributed by atoms with van der Waals surface area (Å²) in [6.07, 6.45) is 0.734. The molecule has 0 spiro atoms. The van der Waals surface area contributed by atoms with Crippen LogP contribution in [0.1, 0.15) is 11.1 Å². The number of sulfonamides is 1. The van der Waals surface area contributed by atoms with E-state index in [0.717, 1.165) is 17.7 Å². The maximum absolute atomic E-state index is 12.6. The summed E-state index contributed by atoms with van der Waals surface area (Å²) in [6, 6.07) is 17.8. The molecule has 2 amide bonds. The quantitative estimate of drug-likeness (QED) is 0.671. The number of hydrogen-bond donors (Lipinski definition) is 2. The van der Waals surface area contributed by atoms with E-state index in [0.29, 0.717) is 32.7 Å². The van der Waals surface area contributed by atoms with Gasteiger partial charge in [0.1, 0.15) is 0 Å². The fourth-order valence-corrected chi connectivity index (χ4v) is 4.84. The van der Waals surface area contributed by atoms with Gasteiger partial charge >= 0.3 is 6.03 Å². The van der Waals surface area contributed by atoms with Gasteiger partial charge in [-0.2, -0.15) is 4.31 Å². The molecule has 2 N–H and O–H groups in total. The van der Waals surface area contributed by atoms with E-state index in [9.17, 15) is 13.2 Å². The summed E-state index contributed by atoms with van der Waals surface area (Å²) in [4.78, 5) is 14.1. The number of piperazine rings is 1. The Kier molecular flexibility index (Phi) is 7.70. The van der Waals surface area contributed by atoms with Crippen molar-refractivity contribution in [2.75, 3.05) is 49.9 Å². The number of carbonyl (C=O) groups excluding carboxylic acids is 1. The molecule has 30 heavy (non-hydrogen) atoms. The molecule has 1 heterocycles. The van der Waals surface area contributed by atoms with Crippen molar-refractivity contribution in [3.8, 4) is 0 Å². The van der Waals surface area contributed by atoms with E-state index in [-0.39, 0.29) is 18.3 Å². The third-order valence-corrected chi connectivity index (χ3v) is 7.06. The highest BCUT2D eigenvalue weighted by atomic mass is 32.2. The van der Waals surface area contributed by atoms with Crippen molar-refractivity contribution in [3.05, 3.63) is 65.7 Å². The Balaban J connectivity index is 1.36. The summed E-state index contributed by atoms with van der Waals surface area (Å²) in [6.45, 7) is 4.89. The topological polar surface area (TPSA) is 81.8 Å². The maximum atomic E-state index is 12.6. The van der Waals surface area contributed by atoms with Gasteiger partial charge in [0.2, 0.25) is 10.0 Å². The first kappa shape index (κ1) is 22.1. The number of aryl methyl sites for hydroxylation is 1. The summed E-state index contributed by atoms with van der Waals surface area (Å²) in [5, 5.41) is 5.40. The molecule has 0 atom stereocenters. The smallest absolute Gasteiger partial charge is 0.314 e. The Bertz CT molecular complexity index is 926. The minimum Gasteiger partial charge on any atom is -0.369 e. The Morgan fingerprint density at radius 3 is 2.33 bits per heavy atom. The molecule has 0 aliphatic carbocycles. The van der Waals surface area contributed by atoms with E-state index in [1.54, 1.807) is 0 Å². The van der Waals surface area contributed by atoms with Crippen LogP contribution in [0.4, 0.5) is 10.5 Å². The summed E-state index contributed by atoms with van der Waals surface area (Å²) in [5.74, 6) is -0.0937. The Morgan fingerprint density at radius 1 is 0.933 bits per heavy atom. The first-order chi connectivity index (χ1) is 14.4. The van der Waals surface area contributed by atoms with E-state index in [4.69, 9.17) is 0 Å². The van der Waals surface area contributed by atoms with Crippen molar-refractivity contribution in [2.45, 2.75) is 13.3 Å². The van der Waals surface area contributed by atoms with Crippen molar-refractivity contribution in [1.29, 1.82) is 0 Å². The van der Waals surface area contributed by atoms with Crippen LogP contribution in [-0.2, 0) is 16.4 Å². The molecule has 3 rings (SSSR count). The molecule has 2 aromatic rings. The van der Waals surface area contributed by atoms with Crippen molar-refractivity contribution in [2.24, 2.45) is 0 Å². The van der Waals surface area contributed by atoms with Crippen LogP contribution in [0.5, 0.6) is 0 Å². The molecule has 0 saturated carbocycles. The number of carbonyl (C=O) groups is 1. The van der Waals surface area contributed by atoms with Gasteiger partial charge in [0.15, 0.2) is 0 Å². The number of hydrogen-bond acceptors (Lipinski definition) is 4. The van der Waals surface area contributed by atoms with Crippen LogP contribution < -0.4 is 15.5 Å². The molecule has 162 valence electrons. The van der Waals surface area contributed by atoms with Crippen LogP contribution in [0.15, 0.2) is 54.6 Å². The lowest BCUT2D eigenvalue weighted by atomic mass is 10.1. The number of amides is 2. The van der Waals surface area contributed by atoms with E-state index in [1.165, 1.54) is 9.87 Å². The molecule has 8 heteroatoms. The van der Waals surface area contributed by atoms with Crippen LogP contribution in [0.3, 0.4) is 0 Å². The zero-order valence-corrected chi connectivity index (χ0v) is 18.2. The molecule has 1 aliphatic heterocycles. The number of anilines is 1. The molecule has 1 saturated heterocycles. The fraction of sp³-hybridized carbons (Fsp3) is 0.409. The lowest BCUT2D eigenvalue weighted by Gasteiger charge is -2.35. The normalized spacial score (nSPS) is 15.0. The molecule has 0 aromatic heterocycles. The van der Waals surface area contributed by atoms with Gasteiger partial charge in [-0.05, 0) is 36.6 Å². The average molecular weight is 431 g/mol. The molecule has 1 fully saturated rings. The molecular formula is C22H30N4O3S. The molecule has 2 aromatic carbocycles. The number of benzene rings is 2. The van der Waals surface area contributed by atoms with Gasteiger partial charge in [0.05, 0.1) is 5.75 Å². The average Bonchev–Trinajstić information content (AvgIpc) is 2.74. The SMILES string of the molecule is Cc1cccc(N2CCN(S(=O)(=O)CCNC(=O)NCCc3ccccc3)CC2)c1. The monoisotopic (exact) mass is 430 g/mol. The zero-order chi connectivity index (χ0) is 21.4. The Morgan fingerprint density at radius 2 is 1.63 bits per heavy atom. The van der Waals surface area contributed by atoms with Crippen LogP contribution in [0.2, 0.25) is 0 Å². The Labute approximate surface area is 179 Å². The van der Waals surface area contributed by atoms with Crippen LogP contribution in [0.25, 0.3) is 0 Å². The van der Waals surface area contributed by atoms with Crippen LogP contribution >= 0.6 is 0 Å². The van der Waals surface area contributed by atoms with Crippen molar-refractivity contribution < 1.29 is 13.2 Å². The Hall–Kier alpha value is -2.58.